The highest BCUT2D eigenvalue weighted by atomic mass is 35.5. The van der Waals surface area contributed by atoms with Gasteiger partial charge in [-0.25, -0.2) is 17.6 Å². The first kappa shape index (κ1) is 32.7. The Hall–Kier alpha value is -3.64. The zero-order valence-electron chi connectivity index (χ0n) is 24.6. The van der Waals surface area contributed by atoms with E-state index < -0.39 is 66.6 Å². The molecule has 2 atom stereocenters. The molecule has 2 fully saturated rings. The maximum absolute atomic E-state index is 15.9. The minimum atomic E-state index is -1.08. The van der Waals surface area contributed by atoms with Crippen LogP contribution in [0.1, 0.15) is 69.7 Å². The Bertz CT molecular complexity index is 1580. The molecular formula is C31H30Cl2F4N4O4. The second kappa shape index (κ2) is 12.3. The molecule has 2 saturated heterocycles. The van der Waals surface area contributed by atoms with Crippen LogP contribution in [-0.4, -0.2) is 22.9 Å². The first-order valence-corrected chi connectivity index (χ1v) is 15.1. The SMILES string of the molecule is CC(C)(C)C1CCN(c2c(F)cc(N3C(c4cc([N+](=O)[O-])c(Cl)cc4F)CCC3c3cc([N+](=O)[O-])c(Cl)cc3F)cc2F)CC1. The molecule has 0 radical (unpaired) electrons. The topological polar surface area (TPSA) is 92.8 Å². The quantitative estimate of drug-likeness (QED) is 0.147. The second-order valence-corrected chi connectivity index (χ2v) is 13.4. The van der Waals surface area contributed by atoms with Gasteiger partial charge < -0.3 is 9.80 Å². The normalized spacial score (nSPS) is 19.3. The lowest BCUT2D eigenvalue weighted by Gasteiger charge is -2.40. The van der Waals surface area contributed by atoms with Crippen LogP contribution in [0.25, 0.3) is 0 Å². The van der Waals surface area contributed by atoms with Crippen LogP contribution in [0.2, 0.25) is 10.0 Å². The van der Waals surface area contributed by atoms with Crippen LogP contribution < -0.4 is 9.80 Å². The Kier molecular flexibility index (Phi) is 8.93. The Labute approximate surface area is 266 Å². The van der Waals surface area contributed by atoms with E-state index in [1.807, 2.05) is 0 Å². The van der Waals surface area contributed by atoms with E-state index in [9.17, 15) is 20.2 Å². The minimum absolute atomic E-state index is 0.0465. The Morgan fingerprint density at radius 1 is 0.711 bits per heavy atom. The first-order valence-electron chi connectivity index (χ1n) is 14.4. The molecule has 2 unspecified atom stereocenters. The van der Waals surface area contributed by atoms with Gasteiger partial charge in [-0.15, -0.1) is 0 Å². The van der Waals surface area contributed by atoms with Crippen molar-refractivity contribution < 1.29 is 27.4 Å². The van der Waals surface area contributed by atoms with E-state index in [-0.39, 0.29) is 40.8 Å². The first-order chi connectivity index (χ1) is 21.1. The molecule has 0 N–H and O–H groups in total. The van der Waals surface area contributed by atoms with E-state index in [2.05, 4.69) is 20.8 Å². The van der Waals surface area contributed by atoms with E-state index in [1.165, 1.54) is 4.90 Å². The maximum atomic E-state index is 15.9. The van der Waals surface area contributed by atoms with Crippen LogP contribution in [0.4, 0.5) is 40.3 Å². The molecule has 3 aromatic carbocycles. The van der Waals surface area contributed by atoms with E-state index >= 15 is 17.6 Å². The van der Waals surface area contributed by atoms with Crippen molar-refractivity contribution in [1.82, 2.24) is 0 Å². The molecule has 5 rings (SSSR count). The van der Waals surface area contributed by atoms with Crippen LogP contribution in [0.15, 0.2) is 36.4 Å². The molecule has 0 bridgehead atoms. The lowest BCUT2D eigenvalue weighted by Crippen LogP contribution is -2.39. The lowest BCUT2D eigenvalue weighted by molar-refractivity contribution is -0.384. The predicted octanol–water partition coefficient (Wildman–Crippen LogP) is 9.71. The largest absolute Gasteiger partial charge is 0.367 e. The fourth-order valence-corrected chi connectivity index (χ4v) is 7.09. The highest BCUT2D eigenvalue weighted by Gasteiger charge is 2.41. The van der Waals surface area contributed by atoms with Gasteiger partial charge in [-0.2, -0.15) is 0 Å². The summed E-state index contributed by atoms with van der Waals surface area (Å²) in [4.78, 5) is 24.6. The van der Waals surface area contributed by atoms with E-state index in [1.54, 1.807) is 4.90 Å². The fraction of sp³-hybridized carbons (Fsp3) is 0.419. The van der Waals surface area contributed by atoms with Gasteiger partial charge in [0, 0.05) is 42.0 Å². The number of nitro groups is 2. The fourth-order valence-electron chi connectivity index (χ4n) is 6.65. The van der Waals surface area contributed by atoms with Crippen LogP contribution in [0, 0.1) is 54.8 Å². The molecule has 0 saturated carbocycles. The summed E-state index contributed by atoms with van der Waals surface area (Å²) in [5.74, 6) is -3.24. The zero-order valence-corrected chi connectivity index (χ0v) is 26.1. The average Bonchev–Trinajstić information content (AvgIpc) is 3.36. The zero-order chi connectivity index (χ0) is 33.0. The smallest absolute Gasteiger partial charge is 0.288 e. The molecule has 0 spiro atoms. The van der Waals surface area contributed by atoms with Gasteiger partial charge in [0.25, 0.3) is 11.4 Å². The minimum Gasteiger partial charge on any atom is -0.367 e. The number of nitro benzene ring substituents is 2. The van der Waals surface area contributed by atoms with Gasteiger partial charge in [-0.05, 0) is 61.3 Å². The Morgan fingerprint density at radius 2 is 1.13 bits per heavy atom. The summed E-state index contributed by atoms with van der Waals surface area (Å²) in [6, 6.07) is 3.41. The van der Waals surface area contributed by atoms with Gasteiger partial charge in [0.15, 0.2) is 11.6 Å². The van der Waals surface area contributed by atoms with E-state index in [0.717, 1.165) is 49.2 Å². The molecular weight excluding hydrogens is 639 g/mol. The van der Waals surface area contributed by atoms with Crippen molar-refractivity contribution in [1.29, 1.82) is 0 Å². The standard InChI is InChI=1S/C31H30Cl2F4N4O4/c1-31(2,3)16-6-8-38(9-7-16)30-24(36)10-17(11-25(30)37)39-26(18-12-28(40(42)43)20(32)14-22(18)34)4-5-27(39)19-13-29(41(44)45)21(33)15-23(19)35/h10-16,26-27H,4-9H2,1-3H3. The van der Waals surface area contributed by atoms with Crippen LogP contribution in [0.5, 0.6) is 0 Å². The predicted molar refractivity (Wildman–Crippen MR) is 164 cm³/mol. The number of anilines is 2. The van der Waals surface area contributed by atoms with Crippen molar-refractivity contribution in [3.05, 3.63) is 101 Å². The van der Waals surface area contributed by atoms with Gasteiger partial charge in [0.2, 0.25) is 0 Å². The summed E-state index contributed by atoms with van der Waals surface area (Å²) in [6.07, 6.45) is 1.59. The van der Waals surface area contributed by atoms with Crippen molar-refractivity contribution >= 4 is 46.0 Å². The van der Waals surface area contributed by atoms with Crippen LogP contribution >= 0.6 is 23.2 Å². The number of nitrogens with zero attached hydrogens (tertiary/aromatic N) is 4. The summed E-state index contributed by atoms with van der Waals surface area (Å²) in [5, 5.41) is 22.4. The molecule has 2 heterocycles. The van der Waals surface area contributed by atoms with Crippen molar-refractivity contribution in [3.63, 3.8) is 0 Å². The molecule has 240 valence electrons. The monoisotopic (exact) mass is 668 g/mol. The molecule has 0 aliphatic carbocycles. The van der Waals surface area contributed by atoms with E-state index in [0.29, 0.717) is 19.0 Å². The van der Waals surface area contributed by atoms with Crippen LogP contribution in [0.3, 0.4) is 0 Å². The van der Waals surface area contributed by atoms with Crippen LogP contribution in [-0.2, 0) is 0 Å². The Morgan fingerprint density at radius 3 is 1.51 bits per heavy atom. The molecule has 0 aromatic heterocycles. The van der Waals surface area contributed by atoms with Gasteiger partial charge in [0.1, 0.15) is 27.4 Å². The molecule has 3 aromatic rings. The lowest BCUT2D eigenvalue weighted by atomic mass is 9.75. The molecule has 0 amide bonds. The van der Waals surface area contributed by atoms with E-state index in [4.69, 9.17) is 23.2 Å². The molecule has 14 heteroatoms. The summed E-state index contributed by atoms with van der Waals surface area (Å²) in [5.41, 5.74) is -1.85. The third kappa shape index (κ3) is 6.27. The van der Waals surface area contributed by atoms with Gasteiger partial charge in [0.05, 0.1) is 21.9 Å². The second-order valence-electron chi connectivity index (χ2n) is 12.6. The highest BCUT2D eigenvalue weighted by Crippen LogP contribution is 2.51. The number of piperidine rings is 1. The number of halogens is 6. The Balaban J connectivity index is 1.62. The number of rotatable bonds is 6. The molecule has 8 nitrogen and oxygen atoms in total. The van der Waals surface area contributed by atoms with Crippen molar-refractivity contribution in [3.8, 4) is 0 Å². The number of hydrogen-bond acceptors (Lipinski definition) is 6. The summed E-state index contributed by atoms with van der Waals surface area (Å²) < 4.78 is 62.5. The maximum Gasteiger partial charge on any atom is 0.288 e. The average molecular weight is 670 g/mol. The van der Waals surface area contributed by atoms with Gasteiger partial charge >= 0.3 is 0 Å². The van der Waals surface area contributed by atoms with Gasteiger partial charge in [-0.3, -0.25) is 20.2 Å². The third-order valence-corrected chi connectivity index (χ3v) is 9.57. The van der Waals surface area contributed by atoms with Crippen molar-refractivity contribution in [2.75, 3.05) is 22.9 Å². The molecule has 45 heavy (non-hydrogen) atoms. The summed E-state index contributed by atoms with van der Waals surface area (Å²) in [6.45, 7) is 7.25. The number of hydrogen-bond donors (Lipinski definition) is 0. The molecule has 2 aliphatic rings. The van der Waals surface area contributed by atoms with Crippen molar-refractivity contribution in [2.45, 2.75) is 58.5 Å². The number of benzene rings is 3. The summed E-state index contributed by atoms with van der Waals surface area (Å²) in [7, 11) is 0. The van der Waals surface area contributed by atoms with Gasteiger partial charge in [-0.1, -0.05) is 44.0 Å². The summed E-state index contributed by atoms with van der Waals surface area (Å²) >= 11 is 11.8. The third-order valence-electron chi connectivity index (χ3n) is 8.96. The highest BCUT2D eigenvalue weighted by molar-refractivity contribution is 6.33. The molecule has 2 aliphatic heterocycles. The van der Waals surface area contributed by atoms with Crippen molar-refractivity contribution in [2.24, 2.45) is 11.3 Å².